The minimum atomic E-state index is -0.631. The Balaban J connectivity index is 0.000000406. The van der Waals surface area contributed by atoms with Gasteiger partial charge in [0.1, 0.15) is 11.9 Å². The van der Waals surface area contributed by atoms with Crippen molar-refractivity contribution in [3.63, 3.8) is 0 Å². The molecule has 28 heavy (non-hydrogen) atoms. The third kappa shape index (κ3) is 7.75. The monoisotopic (exact) mass is 385 g/mol. The fraction of sp³-hybridized carbons (Fsp3) is 0.381. The molecule has 152 valence electrons. The highest BCUT2D eigenvalue weighted by Crippen LogP contribution is 2.14. The van der Waals surface area contributed by atoms with Gasteiger partial charge in [-0.05, 0) is 49.9 Å². The Morgan fingerprint density at radius 2 is 1.82 bits per heavy atom. The summed E-state index contributed by atoms with van der Waals surface area (Å²) in [6.07, 6.45) is 1.14. The second kappa shape index (κ2) is 11.7. The molecule has 0 spiro atoms. The number of rotatable bonds is 6. The highest BCUT2D eigenvalue weighted by Gasteiger charge is 2.15. The van der Waals surface area contributed by atoms with E-state index in [1.54, 1.807) is 13.0 Å². The van der Waals surface area contributed by atoms with Crippen LogP contribution in [0, 0.1) is 13.8 Å². The van der Waals surface area contributed by atoms with Gasteiger partial charge in [0.05, 0.1) is 6.54 Å². The van der Waals surface area contributed by atoms with Crippen molar-refractivity contribution in [3.05, 3.63) is 58.8 Å². The molecule has 2 amide bonds. The summed E-state index contributed by atoms with van der Waals surface area (Å²) in [4.78, 5) is 27.1. The molecular formula is C21H31N5O2. The van der Waals surface area contributed by atoms with Crippen molar-refractivity contribution in [3.8, 4) is 0 Å². The minimum Gasteiger partial charge on any atom is -0.384 e. The van der Waals surface area contributed by atoms with Crippen LogP contribution in [0.1, 0.15) is 36.2 Å². The molecular weight excluding hydrogens is 354 g/mol. The number of hydrogen-bond donors (Lipinski definition) is 4. The number of pyridine rings is 1. The molecule has 2 rings (SSSR count). The van der Waals surface area contributed by atoms with Crippen LogP contribution in [0.25, 0.3) is 0 Å². The van der Waals surface area contributed by atoms with Crippen molar-refractivity contribution < 1.29 is 9.59 Å². The van der Waals surface area contributed by atoms with E-state index in [1.807, 2.05) is 19.9 Å². The molecule has 2 aromatic rings. The summed E-state index contributed by atoms with van der Waals surface area (Å²) < 4.78 is 0. The molecule has 0 fully saturated rings. The van der Waals surface area contributed by atoms with Gasteiger partial charge >= 0.3 is 0 Å². The van der Waals surface area contributed by atoms with Crippen LogP contribution in [0.15, 0.2) is 36.4 Å². The van der Waals surface area contributed by atoms with Gasteiger partial charge in [0.2, 0.25) is 11.8 Å². The maximum atomic E-state index is 11.8. The standard InChI is InChI=1S/C13H21N5O2.C8H10/c1-7-4-11(15)17-8(2)10(7)6-16-13(20)9(3)18-12(19)5-14;1-2-8-6-4-3-5-7-8/h4,9H,5-6,14H2,1-3H3,(H2,15,17)(H,16,20)(H,18,19);3-7H,2H2,1H3. The Morgan fingerprint density at radius 3 is 2.32 bits per heavy atom. The van der Waals surface area contributed by atoms with Gasteiger partial charge in [-0.15, -0.1) is 0 Å². The molecule has 1 aromatic carbocycles. The van der Waals surface area contributed by atoms with Crippen molar-refractivity contribution >= 4 is 17.6 Å². The van der Waals surface area contributed by atoms with Gasteiger partial charge in [-0.3, -0.25) is 9.59 Å². The van der Waals surface area contributed by atoms with Crippen LogP contribution in [-0.4, -0.2) is 29.4 Å². The number of anilines is 1. The van der Waals surface area contributed by atoms with E-state index in [-0.39, 0.29) is 18.4 Å². The summed E-state index contributed by atoms with van der Waals surface area (Å²) in [5.74, 6) is -0.185. The Hall–Kier alpha value is -2.93. The predicted octanol–water partition coefficient (Wildman–Crippen LogP) is 1.61. The molecule has 1 atom stereocenters. The van der Waals surface area contributed by atoms with Gasteiger partial charge in [0.15, 0.2) is 0 Å². The summed E-state index contributed by atoms with van der Waals surface area (Å²) in [6.45, 7) is 7.71. The lowest BCUT2D eigenvalue weighted by Gasteiger charge is -2.15. The molecule has 0 aliphatic heterocycles. The third-order valence-corrected chi connectivity index (χ3v) is 4.22. The van der Waals surface area contributed by atoms with E-state index < -0.39 is 6.04 Å². The number of hydrogen-bond acceptors (Lipinski definition) is 5. The van der Waals surface area contributed by atoms with Crippen LogP contribution >= 0.6 is 0 Å². The van der Waals surface area contributed by atoms with Crippen molar-refractivity contribution in [2.24, 2.45) is 5.73 Å². The number of aromatic nitrogens is 1. The SMILES string of the molecule is CCc1ccccc1.Cc1cc(N)nc(C)c1CNC(=O)C(C)NC(=O)CN. The Bertz CT molecular complexity index is 755. The maximum absolute atomic E-state index is 11.8. The van der Waals surface area contributed by atoms with Crippen LogP contribution in [0.2, 0.25) is 0 Å². The number of carbonyl (C=O) groups excluding carboxylic acids is 2. The van der Waals surface area contributed by atoms with Crippen LogP contribution in [0.3, 0.4) is 0 Å². The molecule has 0 saturated carbocycles. The number of nitrogen functional groups attached to an aromatic ring is 1. The lowest BCUT2D eigenvalue weighted by molar-refractivity contribution is -0.128. The molecule has 0 bridgehead atoms. The lowest BCUT2D eigenvalue weighted by Crippen LogP contribution is -2.46. The number of carbonyl (C=O) groups is 2. The van der Waals surface area contributed by atoms with Crippen LogP contribution in [-0.2, 0) is 22.6 Å². The topological polar surface area (TPSA) is 123 Å². The van der Waals surface area contributed by atoms with Gasteiger partial charge < -0.3 is 22.1 Å². The quantitative estimate of drug-likeness (QED) is 0.601. The lowest BCUT2D eigenvalue weighted by atomic mass is 10.1. The van der Waals surface area contributed by atoms with Crippen molar-refractivity contribution in [2.45, 2.75) is 46.7 Å². The smallest absolute Gasteiger partial charge is 0.242 e. The van der Waals surface area contributed by atoms with Gasteiger partial charge in [0, 0.05) is 12.2 Å². The van der Waals surface area contributed by atoms with E-state index in [0.29, 0.717) is 12.4 Å². The first-order valence-corrected chi connectivity index (χ1v) is 9.32. The summed E-state index contributed by atoms with van der Waals surface area (Å²) in [7, 11) is 0. The number of nitrogens with two attached hydrogens (primary N) is 2. The van der Waals surface area contributed by atoms with Crippen LogP contribution in [0.5, 0.6) is 0 Å². The molecule has 1 heterocycles. The third-order valence-electron chi connectivity index (χ3n) is 4.22. The van der Waals surface area contributed by atoms with Gasteiger partial charge in [-0.25, -0.2) is 4.98 Å². The first-order valence-electron chi connectivity index (χ1n) is 9.32. The Morgan fingerprint density at radius 1 is 1.18 bits per heavy atom. The number of nitrogens with zero attached hydrogens (tertiary/aromatic N) is 1. The highest BCUT2D eigenvalue weighted by atomic mass is 16.2. The molecule has 0 radical (unpaired) electrons. The van der Waals surface area contributed by atoms with E-state index in [1.165, 1.54) is 5.56 Å². The van der Waals surface area contributed by atoms with Crippen molar-refractivity contribution in [1.82, 2.24) is 15.6 Å². The van der Waals surface area contributed by atoms with E-state index >= 15 is 0 Å². The second-order valence-corrected chi connectivity index (χ2v) is 6.48. The first kappa shape index (κ1) is 23.1. The van der Waals surface area contributed by atoms with Gasteiger partial charge in [-0.1, -0.05) is 37.3 Å². The molecule has 7 nitrogen and oxygen atoms in total. The zero-order chi connectivity index (χ0) is 21.1. The van der Waals surface area contributed by atoms with E-state index in [2.05, 4.69) is 46.8 Å². The number of aryl methyl sites for hydroxylation is 3. The summed E-state index contributed by atoms with van der Waals surface area (Å²) in [5.41, 5.74) is 14.9. The van der Waals surface area contributed by atoms with E-state index in [0.717, 1.165) is 23.2 Å². The van der Waals surface area contributed by atoms with E-state index in [4.69, 9.17) is 11.5 Å². The minimum absolute atomic E-state index is 0.141. The predicted molar refractivity (Wildman–Crippen MR) is 112 cm³/mol. The first-order chi connectivity index (χ1) is 13.3. The van der Waals surface area contributed by atoms with Crippen molar-refractivity contribution in [2.75, 3.05) is 12.3 Å². The normalized spacial score (nSPS) is 11.0. The molecule has 6 N–H and O–H groups in total. The average Bonchev–Trinajstić information content (AvgIpc) is 2.67. The van der Waals surface area contributed by atoms with Crippen LogP contribution < -0.4 is 22.1 Å². The van der Waals surface area contributed by atoms with Gasteiger partial charge in [0.25, 0.3) is 0 Å². The molecule has 0 aliphatic rings. The number of amides is 2. The zero-order valence-corrected chi connectivity index (χ0v) is 17.1. The Kier molecular flexibility index (Phi) is 9.67. The highest BCUT2D eigenvalue weighted by molar-refractivity contribution is 5.87. The maximum Gasteiger partial charge on any atom is 0.242 e. The fourth-order valence-corrected chi connectivity index (χ4v) is 2.56. The fourth-order valence-electron chi connectivity index (χ4n) is 2.56. The summed E-state index contributed by atoms with van der Waals surface area (Å²) in [6, 6.07) is 11.6. The van der Waals surface area contributed by atoms with Crippen molar-refractivity contribution in [1.29, 1.82) is 0 Å². The van der Waals surface area contributed by atoms with Gasteiger partial charge in [-0.2, -0.15) is 0 Å². The molecule has 1 unspecified atom stereocenters. The average molecular weight is 386 g/mol. The molecule has 0 saturated heterocycles. The molecule has 1 aromatic heterocycles. The van der Waals surface area contributed by atoms with E-state index in [9.17, 15) is 9.59 Å². The summed E-state index contributed by atoms with van der Waals surface area (Å²) in [5, 5.41) is 5.25. The second-order valence-electron chi connectivity index (χ2n) is 6.48. The molecule has 7 heteroatoms. The largest absolute Gasteiger partial charge is 0.384 e. The van der Waals surface area contributed by atoms with Crippen LogP contribution in [0.4, 0.5) is 5.82 Å². The number of nitrogens with one attached hydrogen (secondary N) is 2. The number of benzene rings is 1. The molecule has 0 aliphatic carbocycles. The summed E-state index contributed by atoms with van der Waals surface area (Å²) >= 11 is 0. The zero-order valence-electron chi connectivity index (χ0n) is 17.1. The Labute approximate surface area is 166 Å².